The Balaban J connectivity index is 3.56. The Labute approximate surface area is 81.0 Å². The Hall–Kier alpha value is -0.790. The number of carbonyl (C=O) groups excluding carboxylic acids is 1. The minimum atomic E-state index is -0.244. The second kappa shape index (κ2) is 6.70. The molecular formula is C11H20O2. The first-order chi connectivity index (χ1) is 6.07. The molecule has 0 aromatic heterocycles. The molecule has 76 valence electrons. The summed E-state index contributed by atoms with van der Waals surface area (Å²) in [6.45, 7) is 10.3. The van der Waals surface area contributed by atoms with E-state index in [2.05, 4.69) is 20.4 Å². The van der Waals surface area contributed by atoms with Crippen molar-refractivity contribution in [2.45, 2.75) is 40.0 Å². The van der Waals surface area contributed by atoms with Gasteiger partial charge in [0.1, 0.15) is 0 Å². The topological polar surface area (TPSA) is 26.3 Å². The SMILES string of the molecule is C=C(CCCC(C)C)C(=O)OCC. The van der Waals surface area contributed by atoms with Crippen molar-refractivity contribution in [2.24, 2.45) is 5.92 Å². The van der Waals surface area contributed by atoms with Gasteiger partial charge in [-0.15, -0.1) is 0 Å². The van der Waals surface area contributed by atoms with Gasteiger partial charge in [0.25, 0.3) is 0 Å². The predicted molar refractivity (Wildman–Crippen MR) is 54.5 cm³/mol. The van der Waals surface area contributed by atoms with Crippen molar-refractivity contribution in [1.82, 2.24) is 0 Å². The third-order valence-corrected chi connectivity index (χ3v) is 1.82. The first-order valence-electron chi connectivity index (χ1n) is 4.92. The molecule has 0 N–H and O–H groups in total. The lowest BCUT2D eigenvalue weighted by molar-refractivity contribution is -0.138. The van der Waals surface area contributed by atoms with Crippen LogP contribution < -0.4 is 0 Å². The predicted octanol–water partition coefficient (Wildman–Crippen LogP) is 2.93. The van der Waals surface area contributed by atoms with Crippen LogP contribution in [0.3, 0.4) is 0 Å². The van der Waals surface area contributed by atoms with E-state index in [0.717, 1.165) is 19.3 Å². The highest BCUT2D eigenvalue weighted by Crippen LogP contribution is 2.11. The highest BCUT2D eigenvalue weighted by atomic mass is 16.5. The summed E-state index contributed by atoms with van der Waals surface area (Å²) in [5.41, 5.74) is 0.600. The third kappa shape index (κ3) is 6.38. The molecule has 2 heteroatoms. The Kier molecular flexibility index (Phi) is 6.29. The van der Waals surface area contributed by atoms with Gasteiger partial charge in [-0.3, -0.25) is 0 Å². The summed E-state index contributed by atoms with van der Waals surface area (Å²) in [5.74, 6) is 0.446. The van der Waals surface area contributed by atoms with Crippen LogP contribution in [0.25, 0.3) is 0 Å². The summed E-state index contributed by atoms with van der Waals surface area (Å²) in [6, 6.07) is 0. The van der Waals surface area contributed by atoms with Crippen LogP contribution in [0.5, 0.6) is 0 Å². The highest BCUT2D eigenvalue weighted by Gasteiger charge is 2.06. The quantitative estimate of drug-likeness (QED) is 0.468. The van der Waals surface area contributed by atoms with Crippen LogP contribution in [0.4, 0.5) is 0 Å². The average Bonchev–Trinajstić information content (AvgIpc) is 2.04. The summed E-state index contributed by atoms with van der Waals surface area (Å²) in [6.07, 6.45) is 2.92. The molecule has 0 unspecified atom stereocenters. The highest BCUT2D eigenvalue weighted by molar-refractivity contribution is 5.87. The van der Waals surface area contributed by atoms with Crippen LogP contribution in [0, 0.1) is 5.92 Å². The zero-order chi connectivity index (χ0) is 10.3. The summed E-state index contributed by atoms with van der Waals surface area (Å²) >= 11 is 0. The van der Waals surface area contributed by atoms with Crippen molar-refractivity contribution >= 4 is 5.97 Å². The lowest BCUT2D eigenvalue weighted by Crippen LogP contribution is -2.06. The van der Waals surface area contributed by atoms with Crippen LogP contribution in [-0.4, -0.2) is 12.6 Å². The average molecular weight is 184 g/mol. The fourth-order valence-electron chi connectivity index (χ4n) is 1.06. The third-order valence-electron chi connectivity index (χ3n) is 1.82. The van der Waals surface area contributed by atoms with E-state index < -0.39 is 0 Å². The van der Waals surface area contributed by atoms with Gasteiger partial charge in [0.15, 0.2) is 0 Å². The second-order valence-electron chi connectivity index (χ2n) is 3.61. The zero-order valence-electron chi connectivity index (χ0n) is 8.93. The van der Waals surface area contributed by atoms with Crippen molar-refractivity contribution in [3.63, 3.8) is 0 Å². The van der Waals surface area contributed by atoms with Crippen LogP contribution in [0.2, 0.25) is 0 Å². The molecule has 0 bridgehead atoms. The van der Waals surface area contributed by atoms with Gasteiger partial charge >= 0.3 is 5.97 Å². The Morgan fingerprint density at radius 1 is 1.46 bits per heavy atom. The molecule has 0 aromatic carbocycles. The van der Waals surface area contributed by atoms with E-state index in [1.807, 2.05) is 0 Å². The van der Waals surface area contributed by atoms with Crippen molar-refractivity contribution < 1.29 is 9.53 Å². The Morgan fingerprint density at radius 3 is 2.54 bits per heavy atom. The monoisotopic (exact) mass is 184 g/mol. The molecule has 0 aliphatic heterocycles. The van der Waals surface area contributed by atoms with E-state index >= 15 is 0 Å². The molecule has 0 rings (SSSR count). The Bertz CT molecular complexity index is 171. The maximum absolute atomic E-state index is 11.1. The summed E-state index contributed by atoms with van der Waals surface area (Å²) in [4.78, 5) is 11.1. The fraction of sp³-hybridized carbons (Fsp3) is 0.727. The van der Waals surface area contributed by atoms with Gasteiger partial charge in [-0.25, -0.2) is 4.79 Å². The molecule has 0 aliphatic rings. The van der Waals surface area contributed by atoms with E-state index in [-0.39, 0.29) is 5.97 Å². The van der Waals surface area contributed by atoms with Gasteiger partial charge in [0.05, 0.1) is 6.61 Å². The molecule has 0 saturated heterocycles. The van der Waals surface area contributed by atoms with Crippen LogP contribution in [0.1, 0.15) is 40.0 Å². The molecule has 0 saturated carbocycles. The summed E-state index contributed by atoms with van der Waals surface area (Å²) < 4.78 is 4.82. The number of carbonyl (C=O) groups is 1. The smallest absolute Gasteiger partial charge is 0.333 e. The number of hydrogen-bond acceptors (Lipinski definition) is 2. The second-order valence-corrected chi connectivity index (χ2v) is 3.61. The maximum Gasteiger partial charge on any atom is 0.333 e. The molecular weight excluding hydrogens is 164 g/mol. The number of hydrogen-bond donors (Lipinski definition) is 0. The molecule has 0 amide bonds. The Morgan fingerprint density at radius 2 is 2.08 bits per heavy atom. The molecule has 0 spiro atoms. The van der Waals surface area contributed by atoms with Gasteiger partial charge < -0.3 is 4.74 Å². The van der Waals surface area contributed by atoms with E-state index in [1.54, 1.807) is 6.92 Å². The fourth-order valence-corrected chi connectivity index (χ4v) is 1.06. The van der Waals surface area contributed by atoms with Gasteiger partial charge in [-0.1, -0.05) is 26.8 Å². The van der Waals surface area contributed by atoms with Gasteiger partial charge in [0.2, 0.25) is 0 Å². The molecule has 0 atom stereocenters. The van der Waals surface area contributed by atoms with Crippen molar-refractivity contribution in [3.05, 3.63) is 12.2 Å². The minimum absolute atomic E-state index is 0.244. The van der Waals surface area contributed by atoms with Crippen LogP contribution in [-0.2, 0) is 9.53 Å². The van der Waals surface area contributed by atoms with Crippen molar-refractivity contribution in [1.29, 1.82) is 0 Å². The number of esters is 1. The molecule has 0 heterocycles. The summed E-state index contributed by atoms with van der Waals surface area (Å²) in [7, 11) is 0. The van der Waals surface area contributed by atoms with Crippen LogP contribution in [0.15, 0.2) is 12.2 Å². The van der Waals surface area contributed by atoms with Gasteiger partial charge in [0, 0.05) is 5.57 Å². The molecule has 13 heavy (non-hydrogen) atoms. The first kappa shape index (κ1) is 12.2. The first-order valence-corrected chi connectivity index (χ1v) is 4.92. The number of ether oxygens (including phenoxy) is 1. The maximum atomic E-state index is 11.1. The zero-order valence-corrected chi connectivity index (χ0v) is 8.93. The van der Waals surface area contributed by atoms with Crippen LogP contribution >= 0.6 is 0 Å². The van der Waals surface area contributed by atoms with E-state index in [4.69, 9.17) is 4.74 Å². The molecule has 2 nitrogen and oxygen atoms in total. The molecule has 0 aliphatic carbocycles. The van der Waals surface area contributed by atoms with Gasteiger partial charge in [-0.05, 0) is 25.7 Å². The normalized spacial score (nSPS) is 10.2. The standard InChI is InChI=1S/C11H20O2/c1-5-13-11(12)10(4)8-6-7-9(2)3/h9H,4-8H2,1-3H3. The summed E-state index contributed by atoms with van der Waals surface area (Å²) in [5, 5.41) is 0. The minimum Gasteiger partial charge on any atom is -0.463 e. The largest absolute Gasteiger partial charge is 0.463 e. The number of rotatable bonds is 6. The van der Waals surface area contributed by atoms with E-state index in [1.165, 1.54) is 0 Å². The van der Waals surface area contributed by atoms with Crippen molar-refractivity contribution in [3.8, 4) is 0 Å². The van der Waals surface area contributed by atoms with Crippen molar-refractivity contribution in [2.75, 3.05) is 6.61 Å². The molecule has 0 radical (unpaired) electrons. The van der Waals surface area contributed by atoms with E-state index in [9.17, 15) is 4.79 Å². The lowest BCUT2D eigenvalue weighted by atomic mass is 10.0. The van der Waals surface area contributed by atoms with E-state index in [0.29, 0.717) is 18.1 Å². The lowest BCUT2D eigenvalue weighted by Gasteiger charge is -2.06. The molecule has 0 fully saturated rings. The molecule has 0 aromatic rings. The van der Waals surface area contributed by atoms with Gasteiger partial charge in [-0.2, -0.15) is 0 Å².